The molecule has 26 heavy (non-hydrogen) atoms. The number of thiazole rings is 1. The van der Waals surface area contributed by atoms with Crippen LogP contribution < -0.4 is 0 Å². The highest BCUT2D eigenvalue weighted by Crippen LogP contribution is 2.45. The molecule has 2 aliphatic rings. The fourth-order valence-electron chi connectivity index (χ4n) is 3.60. The molecule has 1 fully saturated rings. The Morgan fingerprint density at radius 2 is 2.15 bits per heavy atom. The maximum atomic E-state index is 12.9. The number of piperidine rings is 1. The zero-order chi connectivity index (χ0) is 18.3. The summed E-state index contributed by atoms with van der Waals surface area (Å²) in [5.74, 6) is 0.00217. The van der Waals surface area contributed by atoms with Gasteiger partial charge in [-0.3, -0.25) is 4.79 Å². The summed E-state index contributed by atoms with van der Waals surface area (Å²) in [4.78, 5) is 21.7. The third-order valence-electron chi connectivity index (χ3n) is 5.17. The largest absolute Gasteiger partial charge is 0.336 e. The number of halogens is 1. The predicted molar refractivity (Wildman–Crippen MR) is 109 cm³/mol. The van der Waals surface area contributed by atoms with E-state index >= 15 is 0 Å². The monoisotopic (exact) mass is 408 g/mol. The molecule has 0 radical (unpaired) electrons. The molecule has 1 saturated heterocycles. The van der Waals surface area contributed by atoms with Crippen molar-refractivity contribution in [1.82, 2.24) is 19.5 Å². The molecular formula is C18H22ClN4OPS. The molecule has 0 aromatic carbocycles. The second-order valence-corrected chi connectivity index (χ2v) is 10.5. The van der Waals surface area contributed by atoms with Crippen LogP contribution in [0, 0.1) is 0 Å². The summed E-state index contributed by atoms with van der Waals surface area (Å²) in [5, 5.41) is 1.73. The van der Waals surface area contributed by atoms with Crippen LogP contribution in [0.25, 0.3) is 17.3 Å². The minimum absolute atomic E-state index is 0.00217. The summed E-state index contributed by atoms with van der Waals surface area (Å²) in [7, 11) is 3.74. The van der Waals surface area contributed by atoms with Gasteiger partial charge in [-0.1, -0.05) is 35.1 Å². The minimum atomic E-state index is -0.456. The number of carbonyl (C=O) groups excluding carboxylic acids is 1. The number of aryl methyl sites for hydroxylation is 1. The molecule has 0 aliphatic carbocycles. The highest BCUT2D eigenvalue weighted by Gasteiger charge is 2.28. The molecule has 4 heterocycles. The number of nitrogens with zero attached hydrogens (tertiary/aromatic N) is 4. The summed E-state index contributed by atoms with van der Waals surface area (Å²) in [6.45, 7) is 1.55. The molecule has 5 nitrogen and oxygen atoms in total. The lowest BCUT2D eigenvalue weighted by Gasteiger charge is -2.34. The van der Waals surface area contributed by atoms with Crippen molar-refractivity contribution in [3.63, 3.8) is 0 Å². The van der Waals surface area contributed by atoms with Crippen LogP contribution in [0.5, 0.6) is 0 Å². The van der Waals surface area contributed by atoms with E-state index < -0.39 is 7.69 Å². The Labute approximate surface area is 163 Å². The number of hydrogen-bond acceptors (Lipinski definition) is 5. The van der Waals surface area contributed by atoms with Gasteiger partial charge in [0.2, 0.25) is 0 Å². The summed E-state index contributed by atoms with van der Waals surface area (Å²) in [6, 6.07) is 0.550. The summed E-state index contributed by atoms with van der Waals surface area (Å²) < 4.78 is 5.23. The van der Waals surface area contributed by atoms with E-state index in [-0.39, 0.29) is 5.91 Å². The van der Waals surface area contributed by atoms with Crippen LogP contribution in [0.1, 0.15) is 34.4 Å². The molecule has 2 aromatic rings. The molecular weight excluding hydrogens is 387 g/mol. The zero-order valence-corrected chi connectivity index (χ0v) is 17.4. The van der Waals surface area contributed by atoms with Gasteiger partial charge in [-0.05, 0) is 41.0 Å². The van der Waals surface area contributed by atoms with Gasteiger partial charge in [0.1, 0.15) is 10.0 Å². The number of likely N-dealkylation sites (tertiary alicyclic amines) is 1. The molecule has 2 aliphatic heterocycles. The molecule has 138 valence electrons. The van der Waals surface area contributed by atoms with E-state index in [9.17, 15) is 4.79 Å². The van der Waals surface area contributed by atoms with E-state index in [1.54, 1.807) is 0 Å². The van der Waals surface area contributed by atoms with E-state index in [2.05, 4.69) is 40.9 Å². The van der Waals surface area contributed by atoms with Crippen LogP contribution >= 0.6 is 30.6 Å². The lowest BCUT2D eigenvalue weighted by atomic mass is 10.0. The average molecular weight is 409 g/mol. The van der Waals surface area contributed by atoms with Crippen LogP contribution in [0.3, 0.4) is 0 Å². The molecule has 8 heteroatoms. The Balaban J connectivity index is 1.55. The number of rotatable bonds is 3. The molecule has 0 spiro atoms. The van der Waals surface area contributed by atoms with Gasteiger partial charge >= 0.3 is 0 Å². The predicted octanol–water partition coefficient (Wildman–Crippen LogP) is 4.43. The van der Waals surface area contributed by atoms with E-state index in [1.165, 1.54) is 16.6 Å². The topological polar surface area (TPSA) is 49.3 Å². The summed E-state index contributed by atoms with van der Waals surface area (Å²) >= 11 is 7.76. The molecule has 0 saturated carbocycles. The van der Waals surface area contributed by atoms with Gasteiger partial charge in [-0.2, -0.15) is 0 Å². The van der Waals surface area contributed by atoms with Crippen LogP contribution in [0.4, 0.5) is 0 Å². The van der Waals surface area contributed by atoms with Crippen molar-refractivity contribution in [2.45, 2.75) is 31.5 Å². The normalized spacial score (nSPS) is 18.5. The van der Waals surface area contributed by atoms with Gasteiger partial charge < -0.3 is 9.80 Å². The Bertz CT molecular complexity index is 851. The van der Waals surface area contributed by atoms with Crippen LogP contribution in [0.2, 0.25) is 4.34 Å². The molecule has 1 amide bonds. The first-order valence-corrected chi connectivity index (χ1v) is 11.6. The van der Waals surface area contributed by atoms with Crippen LogP contribution in [-0.2, 0) is 6.16 Å². The number of allylic oxidation sites excluding steroid dienone is 1. The third-order valence-corrected chi connectivity index (χ3v) is 8.43. The molecule has 0 bridgehead atoms. The van der Waals surface area contributed by atoms with E-state index in [0.717, 1.165) is 49.8 Å². The van der Waals surface area contributed by atoms with E-state index in [1.807, 2.05) is 11.1 Å². The first kappa shape index (κ1) is 18.2. The second kappa shape index (κ2) is 7.43. The number of carbonyl (C=O) groups is 1. The van der Waals surface area contributed by atoms with Crippen molar-refractivity contribution in [2.24, 2.45) is 0 Å². The standard InChI is InChI=1S/C18H22ClN4OPS/c1-22(2)12-6-8-23(9-7-12)18(24)17-21-15(16(19)26-17)13-11-20-25-10-4-3-5-14(13)25/h3,5,11-12H,4,6-10H2,1-2H3. The zero-order valence-electron chi connectivity index (χ0n) is 15.0. The lowest BCUT2D eigenvalue weighted by molar-refractivity contribution is 0.0663. The number of fused-ring (bicyclic) bond motifs is 1. The molecule has 0 N–H and O–H groups in total. The van der Waals surface area contributed by atoms with Gasteiger partial charge in [0.15, 0.2) is 5.01 Å². The maximum Gasteiger partial charge on any atom is 0.282 e. The fourth-order valence-corrected chi connectivity index (χ4v) is 6.59. The fraction of sp³-hybridized carbons (Fsp3) is 0.500. The molecule has 1 atom stereocenters. The van der Waals surface area contributed by atoms with Crippen LogP contribution in [-0.4, -0.2) is 58.7 Å². The summed E-state index contributed by atoms with van der Waals surface area (Å²) in [5.41, 5.74) is 1.72. The van der Waals surface area contributed by atoms with Crippen molar-refractivity contribution in [3.05, 3.63) is 26.9 Å². The quantitative estimate of drug-likeness (QED) is 0.753. The Kier molecular flexibility index (Phi) is 5.20. The molecule has 4 rings (SSSR count). The number of amides is 1. The van der Waals surface area contributed by atoms with Crippen LogP contribution in [0.15, 0.2) is 12.3 Å². The Morgan fingerprint density at radius 1 is 1.38 bits per heavy atom. The highest BCUT2D eigenvalue weighted by molar-refractivity contribution is 7.46. The number of hydrogen-bond donors (Lipinski definition) is 0. The second-order valence-electron chi connectivity index (χ2n) is 6.99. The molecule has 2 aromatic heterocycles. The number of aromatic nitrogens is 2. The third kappa shape index (κ3) is 3.36. The minimum Gasteiger partial charge on any atom is -0.336 e. The Hall–Kier alpha value is -1.20. The first-order valence-electron chi connectivity index (χ1n) is 8.89. The van der Waals surface area contributed by atoms with Crippen molar-refractivity contribution in [1.29, 1.82) is 0 Å². The van der Waals surface area contributed by atoms with Crippen molar-refractivity contribution < 1.29 is 4.79 Å². The smallest absolute Gasteiger partial charge is 0.282 e. The van der Waals surface area contributed by atoms with Gasteiger partial charge in [0.05, 0.1) is 0 Å². The lowest BCUT2D eigenvalue weighted by Crippen LogP contribution is -2.44. The van der Waals surface area contributed by atoms with Gasteiger partial charge in [0, 0.05) is 42.3 Å². The van der Waals surface area contributed by atoms with Crippen molar-refractivity contribution in [2.75, 3.05) is 27.2 Å². The Morgan fingerprint density at radius 3 is 2.88 bits per heavy atom. The summed E-state index contributed by atoms with van der Waals surface area (Å²) in [6.07, 6.45) is 10.4. The van der Waals surface area contributed by atoms with Gasteiger partial charge in [-0.15, -0.1) is 0 Å². The maximum absolute atomic E-state index is 12.9. The highest BCUT2D eigenvalue weighted by atomic mass is 35.5. The van der Waals surface area contributed by atoms with Crippen molar-refractivity contribution >= 4 is 42.6 Å². The van der Waals surface area contributed by atoms with Gasteiger partial charge in [-0.25, -0.2) is 9.73 Å². The van der Waals surface area contributed by atoms with E-state index in [4.69, 9.17) is 11.6 Å². The van der Waals surface area contributed by atoms with Gasteiger partial charge in [0.25, 0.3) is 5.91 Å². The van der Waals surface area contributed by atoms with Crippen molar-refractivity contribution in [3.8, 4) is 11.3 Å². The molecule has 1 unspecified atom stereocenters. The van der Waals surface area contributed by atoms with E-state index in [0.29, 0.717) is 15.4 Å². The first-order chi connectivity index (χ1) is 12.5. The SMILES string of the molecule is CN(C)C1CCN(C(=O)c2nc(-c3cnp4c3C=CCC4)c(Cl)s2)CC1. The average Bonchev–Trinajstić information content (AvgIpc) is 3.24.